The quantitative estimate of drug-likeness (QED) is 0.181. The molecule has 254 valence electrons. The summed E-state index contributed by atoms with van der Waals surface area (Å²) >= 11 is 0. The summed E-state index contributed by atoms with van der Waals surface area (Å²) in [5.41, 5.74) is 17.6. The normalized spacial score (nSPS) is 14.3. The van der Waals surface area contributed by atoms with E-state index >= 15 is 0 Å². The summed E-state index contributed by atoms with van der Waals surface area (Å²) in [6, 6.07) is 59.1. The maximum atomic E-state index is 5.56. The second-order valence-electron chi connectivity index (χ2n) is 15.4. The van der Waals surface area contributed by atoms with Crippen molar-refractivity contribution >= 4 is 28.2 Å². The van der Waals surface area contributed by atoms with Crippen LogP contribution in [0.5, 0.6) is 0 Å². The van der Waals surface area contributed by atoms with Crippen molar-refractivity contribution in [3.63, 3.8) is 0 Å². The van der Waals surface area contributed by atoms with Gasteiger partial charge in [0, 0.05) is 33.0 Å². The van der Waals surface area contributed by atoms with E-state index in [-0.39, 0.29) is 10.8 Å². The summed E-state index contributed by atoms with van der Waals surface area (Å²) in [5, 5.41) is 1.04. The standard InChI is InChI=1S/C50H39N3/c1-49(2)41-21-12-9-18-38(41)46-42(49)22-14-24-45(46)53(35-28-25-33(26-29-35)32-15-6-5-7-16-32)48-51-44-23-13-10-19-39(44)47(52-48)34-27-30-37-36-17-8-11-20-40(36)50(3,4)43(37)31-34/h5-31H,1-4H3. The highest BCUT2D eigenvalue weighted by atomic mass is 15.3. The third-order valence-corrected chi connectivity index (χ3v) is 11.7. The molecule has 1 aromatic heterocycles. The Labute approximate surface area is 311 Å². The smallest absolute Gasteiger partial charge is 0.235 e. The molecule has 2 aliphatic rings. The molecular formula is C50H39N3. The zero-order valence-corrected chi connectivity index (χ0v) is 30.4. The molecule has 0 amide bonds. The summed E-state index contributed by atoms with van der Waals surface area (Å²) in [6.45, 7) is 9.33. The van der Waals surface area contributed by atoms with Gasteiger partial charge in [-0.3, -0.25) is 4.90 Å². The summed E-state index contributed by atoms with van der Waals surface area (Å²) in [5.74, 6) is 0.643. The summed E-state index contributed by atoms with van der Waals surface area (Å²) in [7, 11) is 0. The number of benzene rings is 7. The molecule has 0 unspecified atom stereocenters. The molecular weight excluding hydrogens is 643 g/mol. The Morgan fingerprint density at radius 2 is 1.02 bits per heavy atom. The van der Waals surface area contributed by atoms with Crippen LogP contribution in [0.2, 0.25) is 0 Å². The number of anilines is 3. The van der Waals surface area contributed by atoms with Gasteiger partial charge in [-0.25, -0.2) is 9.97 Å². The minimum atomic E-state index is -0.144. The largest absolute Gasteiger partial charge is 0.279 e. The highest BCUT2D eigenvalue weighted by Crippen LogP contribution is 2.54. The lowest BCUT2D eigenvalue weighted by molar-refractivity contribution is 0.660. The molecule has 0 N–H and O–H groups in total. The predicted octanol–water partition coefficient (Wildman–Crippen LogP) is 13.0. The number of rotatable bonds is 5. The molecule has 7 aromatic carbocycles. The van der Waals surface area contributed by atoms with Gasteiger partial charge in [-0.05, 0) is 80.4 Å². The van der Waals surface area contributed by atoms with Gasteiger partial charge >= 0.3 is 0 Å². The number of fused-ring (bicyclic) bond motifs is 7. The Morgan fingerprint density at radius 1 is 0.434 bits per heavy atom. The average Bonchev–Trinajstić information content (AvgIpc) is 3.58. The zero-order valence-electron chi connectivity index (χ0n) is 30.4. The zero-order chi connectivity index (χ0) is 35.9. The van der Waals surface area contributed by atoms with Crippen molar-refractivity contribution in [1.29, 1.82) is 0 Å². The number of para-hydroxylation sites is 1. The van der Waals surface area contributed by atoms with Crippen molar-refractivity contribution in [2.75, 3.05) is 4.90 Å². The van der Waals surface area contributed by atoms with Crippen molar-refractivity contribution in [1.82, 2.24) is 9.97 Å². The van der Waals surface area contributed by atoms with E-state index in [0.717, 1.165) is 33.5 Å². The first kappa shape index (κ1) is 31.4. The van der Waals surface area contributed by atoms with Gasteiger partial charge in [-0.1, -0.05) is 161 Å². The monoisotopic (exact) mass is 681 g/mol. The molecule has 53 heavy (non-hydrogen) atoms. The van der Waals surface area contributed by atoms with Crippen LogP contribution in [0, 0.1) is 0 Å². The van der Waals surface area contributed by atoms with Gasteiger partial charge in [-0.15, -0.1) is 0 Å². The molecule has 3 heteroatoms. The molecule has 1 heterocycles. The van der Waals surface area contributed by atoms with Crippen LogP contribution in [-0.2, 0) is 10.8 Å². The fourth-order valence-corrected chi connectivity index (χ4v) is 8.95. The number of aromatic nitrogens is 2. The van der Waals surface area contributed by atoms with Crippen molar-refractivity contribution < 1.29 is 0 Å². The summed E-state index contributed by atoms with van der Waals surface area (Å²) in [6.07, 6.45) is 0. The summed E-state index contributed by atoms with van der Waals surface area (Å²) in [4.78, 5) is 13.2. The minimum Gasteiger partial charge on any atom is -0.279 e. The van der Waals surface area contributed by atoms with Crippen LogP contribution in [0.1, 0.15) is 49.9 Å². The first-order valence-electron chi connectivity index (χ1n) is 18.5. The van der Waals surface area contributed by atoms with Gasteiger partial charge in [-0.2, -0.15) is 0 Å². The van der Waals surface area contributed by atoms with E-state index in [9.17, 15) is 0 Å². The van der Waals surface area contributed by atoms with Gasteiger partial charge in [0.1, 0.15) is 0 Å². The molecule has 0 fully saturated rings. The topological polar surface area (TPSA) is 29.0 Å². The van der Waals surface area contributed by atoms with Gasteiger partial charge in [0.2, 0.25) is 5.95 Å². The van der Waals surface area contributed by atoms with Crippen molar-refractivity contribution in [3.05, 3.63) is 186 Å². The lowest BCUT2D eigenvalue weighted by Gasteiger charge is -2.28. The van der Waals surface area contributed by atoms with Crippen LogP contribution in [0.4, 0.5) is 17.3 Å². The highest BCUT2D eigenvalue weighted by molar-refractivity contribution is 5.98. The molecule has 2 aliphatic carbocycles. The number of hydrogen-bond acceptors (Lipinski definition) is 3. The van der Waals surface area contributed by atoms with Gasteiger partial charge in [0.25, 0.3) is 0 Å². The second-order valence-corrected chi connectivity index (χ2v) is 15.4. The molecule has 3 nitrogen and oxygen atoms in total. The molecule has 8 aromatic rings. The van der Waals surface area contributed by atoms with Crippen LogP contribution in [-0.4, -0.2) is 9.97 Å². The van der Waals surface area contributed by atoms with Crippen molar-refractivity contribution in [2.45, 2.75) is 38.5 Å². The lowest BCUT2D eigenvalue weighted by atomic mass is 9.82. The first-order valence-corrected chi connectivity index (χ1v) is 18.5. The van der Waals surface area contributed by atoms with E-state index in [1.807, 2.05) is 0 Å². The van der Waals surface area contributed by atoms with E-state index in [1.54, 1.807) is 0 Å². The molecule has 0 spiro atoms. The van der Waals surface area contributed by atoms with Crippen molar-refractivity contribution in [3.8, 4) is 44.6 Å². The summed E-state index contributed by atoms with van der Waals surface area (Å²) < 4.78 is 0. The highest BCUT2D eigenvalue weighted by Gasteiger charge is 2.39. The van der Waals surface area contributed by atoms with E-state index in [1.165, 1.54) is 55.6 Å². The molecule has 0 aliphatic heterocycles. The fourth-order valence-electron chi connectivity index (χ4n) is 8.95. The van der Waals surface area contributed by atoms with E-state index in [0.29, 0.717) is 5.95 Å². The van der Waals surface area contributed by atoms with Crippen LogP contribution in [0.25, 0.3) is 55.5 Å². The van der Waals surface area contributed by atoms with E-state index in [2.05, 4.69) is 196 Å². The maximum absolute atomic E-state index is 5.56. The van der Waals surface area contributed by atoms with E-state index < -0.39 is 0 Å². The Kier molecular flexibility index (Phi) is 6.87. The second kappa shape index (κ2) is 11.6. The molecule has 10 rings (SSSR count). The SMILES string of the molecule is CC1(C)c2ccccc2-c2ccc(-c3nc(N(c4ccc(-c5ccccc5)cc4)c4cccc5c4-c4ccccc4C5(C)C)nc4ccccc34)cc21. The Balaban J connectivity index is 1.21. The lowest BCUT2D eigenvalue weighted by Crippen LogP contribution is -2.17. The Morgan fingerprint density at radius 3 is 1.81 bits per heavy atom. The van der Waals surface area contributed by atoms with Gasteiger partial charge in [0.15, 0.2) is 0 Å². The number of hydrogen-bond donors (Lipinski definition) is 0. The maximum Gasteiger partial charge on any atom is 0.235 e. The van der Waals surface area contributed by atoms with Crippen LogP contribution in [0.15, 0.2) is 164 Å². The predicted molar refractivity (Wildman–Crippen MR) is 220 cm³/mol. The van der Waals surface area contributed by atoms with Crippen LogP contribution < -0.4 is 4.90 Å². The molecule has 0 atom stereocenters. The fraction of sp³-hybridized carbons (Fsp3) is 0.120. The Hall–Kier alpha value is -6.32. The molecule has 0 saturated carbocycles. The first-order chi connectivity index (χ1) is 25.8. The molecule has 0 saturated heterocycles. The molecule has 0 bridgehead atoms. The average molecular weight is 682 g/mol. The van der Waals surface area contributed by atoms with Crippen LogP contribution >= 0.6 is 0 Å². The molecule has 0 radical (unpaired) electrons. The third kappa shape index (κ3) is 4.73. The van der Waals surface area contributed by atoms with Gasteiger partial charge in [0.05, 0.1) is 16.9 Å². The Bertz CT molecular complexity index is 2720. The number of nitrogens with zero attached hydrogens (tertiary/aromatic N) is 3. The van der Waals surface area contributed by atoms with Gasteiger partial charge < -0.3 is 0 Å². The van der Waals surface area contributed by atoms with Crippen molar-refractivity contribution in [2.24, 2.45) is 0 Å². The minimum absolute atomic E-state index is 0.120. The van der Waals surface area contributed by atoms with E-state index in [4.69, 9.17) is 9.97 Å². The third-order valence-electron chi connectivity index (χ3n) is 11.7. The van der Waals surface area contributed by atoms with Crippen LogP contribution in [0.3, 0.4) is 0 Å².